The summed E-state index contributed by atoms with van der Waals surface area (Å²) in [6.07, 6.45) is 1.71. The highest BCUT2D eigenvalue weighted by Gasteiger charge is 2.10. The Morgan fingerprint density at radius 1 is 1.19 bits per heavy atom. The van der Waals surface area contributed by atoms with Crippen LogP contribution in [-0.2, 0) is 17.8 Å². The maximum absolute atomic E-state index is 6.25. The molecule has 0 saturated heterocycles. The summed E-state index contributed by atoms with van der Waals surface area (Å²) in [5, 5.41) is 4.08. The number of nitrogens with zero attached hydrogens (tertiary/aromatic N) is 3. The molecule has 0 aliphatic carbocycles. The van der Waals surface area contributed by atoms with Crippen LogP contribution in [0.15, 0.2) is 47.6 Å². The van der Waals surface area contributed by atoms with Gasteiger partial charge in [-0.2, -0.15) is 0 Å². The van der Waals surface area contributed by atoms with Crippen LogP contribution in [0.4, 0.5) is 0 Å². The zero-order valence-corrected chi connectivity index (χ0v) is 16.2. The Morgan fingerprint density at radius 3 is 2.69 bits per heavy atom. The predicted molar refractivity (Wildman–Crippen MR) is 105 cm³/mol. The predicted octanol–water partition coefficient (Wildman–Crippen LogP) is 2.97. The van der Waals surface area contributed by atoms with Gasteiger partial charge in [-0.25, -0.2) is 4.98 Å². The molecule has 2 rings (SSSR count). The van der Waals surface area contributed by atoms with Gasteiger partial charge in [0.15, 0.2) is 5.96 Å². The summed E-state index contributed by atoms with van der Waals surface area (Å²) in [7, 11) is 5.37. The summed E-state index contributed by atoms with van der Waals surface area (Å²) < 4.78 is 10.7. The van der Waals surface area contributed by atoms with Gasteiger partial charge in [0.25, 0.3) is 0 Å². The van der Waals surface area contributed by atoms with Gasteiger partial charge in [-0.05, 0) is 17.7 Å². The fourth-order valence-electron chi connectivity index (χ4n) is 2.43. The first kappa shape index (κ1) is 20.0. The first-order chi connectivity index (χ1) is 12.7. The molecule has 0 amide bonds. The van der Waals surface area contributed by atoms with Crippen molar-refractivity contribution in [2.75, 3.05) is 34.4 Å². The van der Waals surface area contributed by atoms with E-state index in [1.807, 2.05) is 48.3 Å². The topological polar surface area (TPSA) is 59.0 Å². The van der Waals surface area contributed by atoms with Crippen LogP contribution in [-0.4, -0.2) is 50.3 Å². The van der Waals surface area contributed by atoms with Crippen molar-refractivity contribution in [3.05, 3.63) is 58.7 Å². The first-order valence-corrected chi connectivity index (χ1v) is 8.74. The number of benzene rings is 1. The Labute approximate surface area is 159 Å². The highest BCUT2D eigenvalue weighted by Crippen LogP contribution is 2.17. The molecule has 1 aromatic carbocycles. The molecule has 0 aliphatic rings. The van der Waals surface area contributed by atoms with Crippen molar-refractivity contribution in [2.24, 2.45) is 4.99 Å². The second-order valence-corrected chi connectivity index (χ2v) is 6.06. The van der Waals surface area contributed by atoms with Crippen LogP contribution in [0.25, 0.3) is 0 Å². The van der Waals surface area contributed by atoms with E-state index >= 15 is 0 Å². The SMILES string of the molecule is CN=C(NCc1cccnc1OCCOC)N(C)Cc1ccccc1Cl. The number of ether oxygens (including phenoxy) is 2. The van der Waals surface area contributed by atoms with Gasteiger partial charge in [-0.15, -0.1) is 0 Å². The van der Waals surface area contributed by atoms with Crippen LogP contribution in [0.3, 0.4) is 0 Å². The summed E-state index contributed by atoms with van der Waals surface area (Å²) in [4.78, 5) is 10.6. The summed E-state index contributed by atoms with van der Waals surface area (Å²) >= 11 is 6.25. The van der Waals surface area contributed by atoms with Crippen molar-refractivity contribution < 1.29 is 9.47 Å². The molecule has 2 aromatic rings. The molecule has 140 valence electrons. The smallest absolute Gasteiger partial charge is 0.218 e. The van der Waals surface area contributed by atoms with Gasteiger partial charge >= 0.3 is 0 Å². The van der Waals surface area contributed by atoms with Crippen LogP contribution in [0.1, 0.15) is 11.1 Å². The van der Waals surface area contributed by atoms with Crippen LogP contribution in [0.2, 0.25) is 5.02 Å². The van der Waals surface area contributed by atoms with Gasteiger partial charge in [0, 0.05) is 51.1 Å². The average molecular weight is 377 g/mol. The number of aromatic nitrogens is 1. The monoisotopic (exact) mass is 376 g/mol. The number of halogens is 1. The van der Waals surface area contributed by atoms with Gasteiger partial charge < -0.3 is 19.7 Å². The van der Waals surface area contributed by atoms with Crippen LogP contribution in [0.5, 0.6) is 5.88 Å². The summed E-state index contributed by atoms with van der Waals surface area (Å²) in [6.45, 7) is 2.19. The van der Waals surface area contributed by atoms with Crippen molar-refractivity contribution in [3.63, 3.8) is 0 Å². The van der Waals surface area contributed by atoms with E-state index in [0.29, 0.717) is 32.2 Å². The molecule has 0 unspecified atom stereocenters. The summed E-state index contributed by atoms with van der Waals surface area (Å²) in [6, 6.07) is 11.7. The van der Waals surface area contributed by atoms with E-state index in [4.69, 9.17) is 21.1 Å². The van der Waals surface area contributed by atoms with E-state index in [2.05, 4.69) is 15.3 Å². The number of rotatable bonds is 8. The maximum Gasteiger partial charge on any atom is 0.218 e. The number of methoxy groups -OCH3 is 1. The lowest BCUT2D eigenvalue weighted by molar-refractivity contribution is 0.143. The standard InChI is InChI=1S/C19H25ClN4O2/c1-21-19(24(2)14-16-7-4-5-9-17(16)20)23-13-15-8-6-10-22-18(15)26-12-11-25-3/h4-10H,11-14H2,1-3H3,(H,21,23). The second-order valence-electron chi connectivity index (χ2n) is 5.66. The molecular weight excluding hydrogens is 352 g/mol. The largest absolute Gasteiger partial charge is 0.475 e. The Kier molecular flexibility index (Phi) is 8.18. The molecule has 1 heterocycles. The average Bonchev–Trinajstić information content (AvgIpc) is 2.65. The lowest BCUT2D eigenvalue weighted by atomic mass is 10.2. The van der Waals surface area contributed by atoms with Crippen molar-refractivity contribution >= 4 is 17.6 Å². The van der Waals surface area contributed by atoms with Crippen molar-refractivity contribution in [3.8, 4) is 5.88 Å². The Hall–Kier alpha value is -2.31. The van der Waals surface area contributed by atoms with E-state index in [0.717, 1.165) is 22.1 Å². The third-order valence-corrected chi connectivity index (χ3v) is 4.12. The fourth-order valence-corrected chi connectivity index (χ4v) is 2.62. The van der Waals surface area contributed by atoms with Gasteiger partial charge in [-0.3, -0.25) is 4.99 Å². The number of hydrogen-bond acceptors (Lipinski definition) is 4. The first-order valence-electron chi connectivity index (χ1n) is 8.36. The van der Waals surface area contributed by atoms with Gasteiger partial charge in [0.2, 0.25) is 5.88 Å². The minimum Gasteiger partial charge on any atom is -0.475 e. The molecule has 0 spiro atoms. The van der Waals surface area contributed by atoms with E-state index in [9.17, 15) is 0 Å². The summed E-state index contributed by atoms with van der Waals surface area (Å²) in [5.41, 5.74) is 2.00. The fraction of sp³-hybridized carbons (Fsp3) is 0.368. The zero-order chi connectivity index (χ0) is 18.8. The molecule has 0 atom stereocenters. The minimum absolute atomic E-state index is 0.460. The number of guanidine groups is 1. The lowest BCUT2D eigenvalue weighted by Crippen LogP contribution is -2.38. The van der Waals surface area contributed by atoms with Crippen LogP contribution < -0.4 is 10.1 Å². The number of nitrogens with one attached hydrogen (secondary N) is 1. The van der Waals surface area contributed by atoms with Gasteiger partial charge in [0.1, 0.15) is 6.61 Å². The summed E-state index contributed by atoms with van der Waals surface area (Å²) in [5.74, 6) is 1.36. The Bertz CT molecular complexity index is 724. The second kappa shape index (κ2) is 10.6. The van der Waals surface area contributed by atoms with E-state index in [-0.39, 0.29) is 0 Å². The minimum atomic E-state index is 0.460. The quantitative estimate of drug-likeness (QED) is 0.436. The van der Waals surface area contributed by atoms with E-state index < -0.39 is 0 Å². The zero-order valence-electron chi connectivity index (χ0n) is 15.4. The van der Waals surface area contributed by atoms with Gasteiger partial charge in [-0.1, -0.05) is 35.9 Å². The van der Waals surface area contributed by atoms with Crippen molar-refractivity contribution in [2.45, 2.75) is 13.1 Å². The molecule has 0 saturated carbocycles. The molecule has 1 N–H and O–H groups in total. The Morgan fingerprint density at radius 2 is 1.96 bits per heavy atom. The molecule has 1 aromatic heterocycles. The molecule has 26 heavy (non-hydrogen) atoms. The molecule has 6 nitrogen and oxygen atoms in total. The molecular formula is C19H25ClN4O2. The molecule has 0 aliphatic heterocycles. The number of pyridine rings is 1. The van der Waals surface area contributed by atoms with E-state index in [1.165, 1.54) is 0 Å². The Balaban J connectivity index is 1.97. The molecule has 7 heteroatoms. The van der Waals surface area contributed by atoms with Crippen molar-refractivity contribution in [1.82, 2.24) is 15.2 Å². The van der Waals surface area contributed by atoms with Gasteiger partial charge in [0.05, 0.1) is 6.61 Å². The highest BCUT2D eigenvalue weighted by atomic mass is 35.5. The molecule has 0 radical (unpaired) electrons. The third-order valence-electron chi connectivity index (χ3n) is 3.75. The van der Waals surface area contributed by atoms with Crippen LogP contribution >= 0.6 is 11.6 Å². The molecule has 0 bridgehead atoms. The number of aliphatic imine (C=N–C) groups is 1. The number of hydrogen-bond donors (Lipinski definition) is 1. The normalized spacial score (nSPS) is 11.3. The lowest BCUT2D eigenvalue weighted by Gasteiger charge is -2.23. The third kappa shape index (κ3) is 5.89. The highest BCUT2D eigenvalue weighted by molar-refractivity contribution is 6.31. The van der Waals surface area contributed by atoms with Crippen molar-refractivity contribution in [1.29, 1.82) is 0 Å². The van der Waals surface area contributed by atoms with E-state index in [1.54, 1.807) is 20.4 Å². The van der Waals surface area contributed by atoms with Crippen LogP contribution in [0, 0.1) is 0 Å². The molecule has 0 fully saturated rings. The maximum atomic E-state index is 6.25.